The highest BCUT2D eigenvalue weighted by Gasteiger charge is 2.36. The Morgan fingerprint density at radius 3 is 2.59 bits per heavy atom. The summed E-state index contributed by atoms with van der Waals surface area (Å²) in [6, 6.07) is 2.18. The van der Waals surface area contributed by atoms with E-state index in [0.29, 0.717) is 0 Å². The molecule has 10 heteroatoms. The average Bonchev–Trinajstić information content (AvgIpc) is 2.13. The molecule has 0 atom stereocenters. The van der Waals surface area contributed by atoms with Gasteiger partial charge in [-0.15, -0.1) is 13.2 Å². The fourth-order valence-electron chi connectivity index (χ4n) is 0.955. The summed E-state index contributed by atoms with van der Waals surface area (Å²) in [6.45, 7) is 0. The first kappa shape index (κ1) is 12.5. The maximum Gasteiger partial charge on any atom is 0.574 e. The maximum atomic E-state index is 11.9. The zero-order chi connectivity index (χ0) is 13.2. The van der Waals surface area contributed by atoms with Crippen LogP contribution in [0.25, 0.3) is 0 Å². The van der Waals surface area contributed by atoms with E-state index in [9.17, 15) is 23.3 Å². The summed E-state index contributed by atoms with van der Waals surface area (Å²) in [7, 11) is 0. The lowest BCUT2D eigenvalue weighted by molar-refractivity contribution is -0.388. The average molecular weight is 248 g/mol. The van der Waals surface area contributed by atoms with Gasteiger partial charge in [0.05, 0.1) is 4.92 Å². The van der Waals surface area contributed by atoms with Crippen molar-refractivity contribution in [2.75, 3.05) is 5.73 Å². The predicted octanol–water partition coefficient (Wildman–Crippen LogP) is 1.34. The van der Waals surface area contributed by atoms with Gasteiger partial charge in [0.25, 0.3) is 0 Å². The van der Waals surface area contributed by atoms with Crippen molar-refractivity contribution in [3.05, 3.63) is 21.9 Å². The standard InChI is InChI=1S/C7H3F3N4O3/c8-7(9,10)17-6-5(14(15)16)4(12)1-3(2-11)13-6/h1H,(H2,12,13). The molecule has 1 aromatic rings. The topological polar surface area (TPSA) is 115 Å². The zero-order valence-corrected chi connectivity index (χ0v) is 7.85. The zero-order valence-electron chi connectivity index (χ0n) is 7.85. The summed E-state index contributed by atoms with van der Waals surface area (Å²) in [5, 5.41) is 18.9. The van der Waals surface area contributed by atoms with Crippen molar-refractivity contribution >= 4 is 11.4 Å². The molecule has 1 rings (SSSR count). The van der Waals surface area contributed by atoms with E-state index < -0.39 is 34.2 Å². The van der Waals surface area contributed by atoms with Crippen LogP contribution in [-0.4, -0.2) is 16.3 Å². The van der Waals surface area contributed by atoms with Crippen molar-refractivity contribution in [2.24, 2.45) is 0 Å². The molecule has 0 aliphatic carbocycles. The number of halogens is 3. The fraction of sp³-hybridized carbons (Fsp3) is 0.143. The minimum absolute atomic E-state index is 0.521. The molecule has 1 heterocycles. The highest BCUT2D eigenvalue weighted by atomic mass is 19.4. The number of nitrogens with zero attached hydrogens (tertiary/aromatic N) is 3. The summed E-state index contributed by atoms with van der Waals surface area (Å²) < 4.78 is 39.2. The molecule has 0 aliphatic rings. The van der Waals surface area contributed by atoms with Gasteiger partial charge in [0, 0.05) is 6.07 Å². The minimum atomic E-state index is -5.17. The van der Waals surface area contributed by atoms with E-state index in [1.165, 1.54) is 6.07 Å². The Labute approximate surface area is 91.4 Å². The number of alkyl halides is 3. The quantitative estimate of drug-likeness (QED) is 0.623. The molecule has 0 spiro atoms. The number of rotatable bonds is 2. The van der Waals surface area contributed by atoms with E-state index in [-0.39, 0.29) is 0 Å². The summed E-state index contributed by atoms with van der Waals surface area (Å²) in [6.07, 6.45) is -5.17. The van der Waals surface area contributed by atoms with Crippen LogP contribution in [0.4, 0.5) is 24.5 Å². The predicted molar refractivity (Wildman–Crippen MR) is 46.7 cm³/mol. The molecule has 0 unspecified atom stereocenters. The van der Waals surface area contributed by atoms with Crippen LogP contribution in [0.5, 0.6) is 5.88 Å². The van der Waals surface area contributed by atoms with Gasteiger partial charge in [-0.2, -0.15) is 10.2 Å². The lowest BCUT2D eigenvalue weighted by Gasteiger charge is -2.09. The number of pyridine rings is 1. The van der Waals surface area contributed by atoms with Crippen LogP contribution >= 0.6 is 0 Å². The van der Waals surface area contributed by atoms with Crippen LogP contribution in [0, 0.1) is 21.4 Å². The molecule has 1 aromatic heterocycles. The highest BCUT2D eigenvalue weighted by Crippen LogP contribution is 2.34. The summed E-state index contributed by atoms with van der Waals surface area (Å²) in [5.41, 5.74) is 2.84. The minimum Gasteiger partial charge on any atom is -0.393 e. The molecule has 17 heavy (non-hydrogen) atoms. The Balaban J connectivity index is 3.39. The van der Waals surface area contributed by atoms with E-state index in [1.807, 2.05) is 0 Å². The van der Waals surface area contributed by atoms with Crippen LogP contribution in [0.3, 0.4) is 0 Å². The number of nitro groups is 1. The Morgan fingerprint density at radius 2 is 2.18 bits per heavy atom. The second-order valence-corrected chi connectivity index (χ2v) is 2.67. The third kappa shape index (κ3) is 2.94. The maximum absolute atomic E-state index is 11.9. The molecule has 0 radical (unpaired) electrons. The van der Waals surface area contributed by atoms with E-state index in [4.69, 9.17) is 11.0 Å². The van der Waals surface area contributed by atoms with Gasteiger partial charge in [-0.25, -0.2) is 0 Å². The molecular formula is C7H3F3N4O3. The van der Waals surface area contributed by atoms with Crippen LogP contribution in [0.15, 0.2) is 6.07 Å². The van der Waals surface area contributed by atoms with Crippen molar-refractivity contribution in [1.82, 2.24) is 4.98 Å². The largest absolute Gasteiger partial charge is 0.574 e. The van der Waals surface area contributed by atoms with Crippen LogP contribution in [-0.2, 0) is 0 Å². The SMILES string of the molecule is N#Cc1cc(N)c([N+](=O)[O-])c(OC(F)(F)F)n1. The summed E-state index contributed by atoms with van der Waals surface area (Å²) in [4.78, 5) is 12.3. The molecule has 0 amide bonds. The summed E-state index contributed by atoms with van der Waals surface area (Å²) in [5.74, 6) is -1.36. The van der Waals surface area contributed by atoms with Crippen molar-refractivity contribution in [3.63, 3.8) is 0 Å². The first-order chi connectivity index (χ1) is 7.74. The van der Waals surface area contributed by atoms with E-state index in [1.54, 1.807) is 0 Å². The third-order valence-corrected chi connectivity index (χ3v) is 1.50. The third-order valence-electron chi connectivity index (χ3n) is 1.50. The number of hydrogen-bond donors (Lipinski definition) is 1. The molecule has 0 aromatic carbocycles. The van der Waals surface area contributed by atoms with Gasteiger partial charge < -0.3 is 10.5 Å². The normalized spacial score (nSPS) is 10.7. The van der Waals surface area contributed by atoms with E-state index >= 15 is 0 Å². The molecule has 0 aliphatic heterocycles. The van der Waals surface area contributed by atoms with Crippen molar-refractivity contribution < 1.29 is 22.8 Å². The van der Waals surface area contributed by atoms with Gasteiger partial charge in [0.2, 0.25) is 0 Å². The molecule has 7 nitrogen and oxygen atoms in total. The molecule has 0 saturated heterocycles. The monoisotopic (exact) mass is 248 g/mol. The molecule has 0 saturated carbocycles. The lowest BCUT2D eigenvalue weighted by atomic mass is 10.3. The Bertz CT molecular complexity index is 508. The second kappa shape index (κ2) is 4.12. The first-order valence-corrected chi connectivity index (χ1v) is 3.85. The molecular weight excluding hydrogens is 245 g/mol. The molecule has 0 fully saturated rings. The molecule has 90 valence electrons. The summed E-state index contributed by atoms with van der Waals surface area (Å²) >= 11 is 0. The molecule has 2 N–H and O–H groups in total. The molecule has 0 bridgehead atoms. The Hall–Kier alpha value is -2.57. The van der Waals surface area contributed by atoms with Crippen LogP contribution in [0.1, 0.15) is 5.69 Å². The lowest BCUT2D eigenvalue weighted by Crippen LogP contribution is -2.19. The number of hydrogen-bond acceptors (Lipinski definition) is 6. The highest BCUT2D eigenvalue weighted by molar-refractivity contribution is 5.65. The van der Waals surface area contributed by atoms with Gasteiger partial charge in [0.1, 0.15) is 17.5 Å². The number of nitrogens with two attached hydrogens (primary N) is 1. The number of nitriles is 1. The number of anilines is 1. The van der Waals surface area contributed by atoms with E-state index in [0.717, 1.165) is 6.07 Å². The van der Waals surface area contributed by atoms with Gasteiger partial charge in [-0.3, -0.25) is 10.1 Å². The number of nitrogen functional groups attached to an aromatic ring is 1. The Kier molecular flexibility index (Phi) is 3.03. The smallest absolute Gasteiger partial charge is 0.393 e. The van der Waals surface area contributed by atoms with Crippen molar-refractivity contribution in [3.8, 4) is 11.9 Å². The van der Waals surface area contributed by atoms with Gasteiger partial charge >= 0.3 is 17.9 Å². The second-order valence-electron chi connectivity index (χ2n) is 2.67. The van der Waals surface area contributed by atoms with Gasteiger partial charge in [0.15, 0.2) is 0 Å². The van der Waals surface area contributed by atoms with Crippen LogP contribution < -0.4 is 10.5 Å². The first-order valence-electron chi connectivity index (χ1n) is 3.85. The van der Waals surface area contributed by atoms with Gasteiger partial charge in [-0.1, -0.05) is 0 Å². The van der Waals surface area contributed by atoms with E-state index in [2.05, 4.69) is 9.72 Å². The van der Waals surface area contributed by atoms with Crippen molar-refractivity contribution in [2.45, 2.75) is 6.36 Å². The van der Waals surface area contributed by atoms with Crippen molar-refractivity contribution in [1.29, 1.82) is 5.26 Å². The number of aromatic nitrogens is 1. The van der Waals surface area contributed by atoms with Gasteiger partial charge in [-0.05, 0) is 0 Å². The fourth-order valence-corrected chi connectivity index (χ4v) is 0.955. The van der Waals surface area contributed by atoms with Crippen LogP contribution in [0.2, 0.25) is 0 Å². The number of ether oxygens (including phenoxy) is 1. The Morgan fingerprint density at radius 1 is 1.59 bits per heavy atom.